The van der Waals surface area contributed by atoms with Gasteiger partial charge in [0.05, 0.1) is 7.11 Å². The number of ether oxygens (including phenoxy) is 1. The van der Waals surface area contributed by atoms with Gasteiger partial charge in [-0.15, -0.1) is 0 Å². The molecule has 0 aliphatic rings. The van der Waals surface area contributed by atoms with Crippen molar-refractivity contribution in [3.8, 4) is 5.75 Å². The number of hydrogen-bond acceptors (Lipinski definition) is 3. The van der Waals surface area contributed by atoms with Gasteiger partial charge in [0.15, 0.2) is 0 Å². The Morgan fingerprint density at radius 3 is 1.96 bits per heavy atom. The number of methoxy groups -OCH3 is 1. The molecule has 0 N–H and O–H groups in total. The molecule has 2 aromatic carbocycles. The van der Waals surface area contributed by atoms with Crippen molar-refractivity contribution in [3.05, 3.63) is 65.7 Å². The van der Waals surface area contributed by atoms with Crippen molar-refractivity contribution in [2.24, 2.45) is 0 Å². The third-order valence-electron chi connectivity index (χ3n) is 3.84. The van der Waals surface area contributed by atoms with Gasteiger partial charge >= 0.3 is 0 Å². The Hall–Kier alpha value is -1.84. The van der Waals surface area contributed by atoms with Crippen molar-refractivity contribution in [2.75, 3.05) is 40.8 Å². The van der Waals surface area contributed by atoms with E-state index in [2.05, 4.69) is 62.0 Å². The maximum atomic E-state index is 5.38. The molecule has 0 saturated carbocycles. The Labute approximate surface area is 155 Å². The van der Waals surface area contributed by atoms with E-state index in [1.54, 1.807) is 7.11 Å². The second kappa shape index (κ2) is 13.5. The van der Waals surface area contributed by atoms with E-state index >= 15 is 0 Å². The lowest BCUT2D eigenvalue weighted by molar-refractivity contribution is 0.241. The van der Waals surface area contributed by atoms with Gasteiger partial charge in [0.2, 0.25) is 0 Å². The van der Waals surface area contributed by atoms with Gasteiger partial charge in [-0.1, -0.05) is 68.4 Å². The van der Waals surface area contributed by atoms with Crippen LogP contribution >= 0.6 is 0 Å². The van der Waals surface area contributed by atoms with E-state index in [-0.39, 0.29) is 7.43 Å². The topological polar surface area (TPSA) is 15.7 Å². The summed E-state index contributed by atoms with van der Waals surface area (Å²) in [5, 5.41) is 0. The molecule has 0 radical (unpaired) electrons. The second-order valence-corrected chi connectivity index (χ2v) is 6.14. The van der Waals surface area contributed by atoms with Gasteiger partial charge < -0.3 is 9.64 Å². The van der Waals surface area contributed by atoms with Gasteiger partial charge in [0.25, 0.3) is 0 Å². The smallest absolute Gasteiger partial charge is 0.123 e. The van der Waals surface area contributed by atoms with Crippen molar-refractivity contribution < 1.29 is 4.74 Å². The Morgan fingerprint density at radius 2 is 1.48 bits per heavy atom. The van der Waals surface area contributed by atoms with Crippen LogP contribution in [0.15, 0.2) is 54.6 Å². The molecular formula is C22H36N2O. The van der Waals surface area contributed by atoms with Gasteiger partial charge in [-0.05, 0) is 33.6 Å². The molecule has 0 amide bonds. The number of para-hydroxylation sites is 1. The molecule has 25 heavy (non-hydrogen) atoms. The molecule has 0 saturated heterocycles. The molecular weight excluding hydrogens is 308 g/mol. The minimum absolute atomic E-state index is 0. The number of likely N-dealkylation sites (N-methyl/N-ethyl adjacent to an activating group) is 2. The SMILES string of the molecule is C.CCN(CCN(C)C)Cc1ccccc1OC.Cc1ccccc1. The maximum absolute atomic E-state index is 5.38. The zero-order valence-electron chi connectivity index (χ0n) is 15.8. The van der Waals surface area contributed by atoms with Crippen LogP contribution in [0.5, 0.6) is 5.75 Å². The van der Waals surface area contributed by atoms with Crippen LogP contribution in [0.4, 0.5) is 0 Å². The summed E-state index contributed by atoms with van der Waals surface area (Å²) in [6.07, 6.45) is 0. The Balaban J connectivity index is 0.000000603. The molecule has 3 heteroatoms. The molecule has 0 bridgehead atoms. The molecule has 0 atom stereocenters. The molecule has 0 aliphatic heterocycles. The van der Waals surface area contributed by atoms with E-state index in [9.17, 15) is 0 Å². The molecule has 0 fully saturated rings. The predicted octanol–water partition coefficient (Wildman–Crippen LogP) is 4.71. The fourth-order valence-corrected chi connectivity index (χ4v) is 2.30. The Morgan fingerprint density at radius 1 is 0.880 bits per heavy atom. The van der Waals surface area contributed by atoms with Gasteiger partial charge in [-0.2, -0.15) is 0 Å². The third kappa shape index (κ3) is 9.90. The lowest BCUT2D eigenvalue weighted by atomic mass is 10.2. The van der Waals surface area contributed by atoms with Gasteiger partial charge in [0.1, 0.15) is 5.75 Å². The van der Waals surface area contributed by atoms with Crippen molar-refractivity contribution in [1.29, 1.82) is 0 Å². The highest BCUT2D eigenvalue weighted by molar-refractivity contribution is 5.33. The summed E-state index contributed by atoms with van der Waals surface area (Å²) in [5.74, 6) is 0.982. The molecule has 3 nitrogen and oxygen atoms in total. The van der Waals surface area contributed by atoms with Gasteiger partial charge in [0, 0.05) is 25.2 Å². The van der Waals surface area contributed by atoms with Crippen LogP contribution in [0.1, 0.15) is 25.5 Å². The number of hydrogen-bond donors (Lipinski definition) is 0. The van der Waals surface area contributed by atoms with Crippen molar-refractivity contribution in [1.82, 2.24) is 9.80 Å². The quantitative estimate of drug-likeness (QED) is 0.723. The van der Waals surface area contributed by atoms with Crippen LogP contribution in [0.3, 0.4) is 0 Å². The van der Waals surface area contributed by atoms with Gasteiger partial charge in [-0.3, -0.25) is 4.90 Å². The molecule has 0 aliphatic carbocycles. The highest BCUT2D eigenvalue weighted by atomic mass is 16.5. The first kappa shape index (κ1) is 23.2. The molecule has 2 rings (SSSR count). The van der Waals surface area contributed by atoms with Crippen LogP contribution in [-0.2, 0) is 6.54 Å². The third-order valence-corrected chi connectivity index (χ3v) is 3.84. The number of nitrogens with zero attached hydrogens (tertiary/aromatic N) is 2. The van der Waals surface area contributed by atoms with Crippen molar-refractivity contribution >= 4 is 0 Å². The van der Waals surface area contributed by atoms with Crippen molar-refractivity contribution in [3.63, 3.8) is 0 Å². The van der Waals surface area contributed by atoms with E-state index in [0.29, 0.717) is 0 Å². The van der Waals surface area contributed by atoms with Crippen molar-refractivity contribution in [2.45, 2.75) is 27.8 Å². The summed E-state index contributed by atoms with van der Waals surface area (Å²) in [6, 6.07) is 18.5. The fourth-order valence-electron chi connectivity index (χ4n) is 2.30. The van der Waals surface area contributed by atoms with Gasteiger partial charge in [-0.25, -0.2) is 0 Å². The summed E-state index contributed by atoms with van der Waals surface area (Å²) >= 11 is 0. The van der Waals surface area contributed by atoms with Crippen LogP contribution in [0.2, 0.25) is 0 Å². The van der Waals surface area contributed by atoms with E-state index in [1.807, 2.05) is 30.3 Å². The predicted molar refractivity (Wildman–Crippen MR) is 110 cm³/mol. The Bertz CT molecular complexity index is 555. The first-order valence-electron chi connectivity index (χ1n) is 8.57. The number of rotatable bonds is 7. The van der Waals surface area contributed by atoms with Crippen LogP contribution in [-0.4, -0.2) is 50.6 Å². The Kier molecular flexibility index (Phi) is 12.5. The van der Waals surface area contributed by atoms with E-state index < -0.39 is 0 Å². The lowest BCUT2D eigenvalue weighted by Crippen LogP contribution is -2.31. The monoisotopic (exact) mass is 344 g/mol. The molecule has 2 aromatic rings. The largest absolute Gasteiger partial charge is 0.496 e. The normalized spacial score (nSPS) is 10.0. The van der Waals surface area contributed by atoms with Crippen LogP contribution < -0.4 is 4.74 Å². The zero-order valence-corrected chi connectivity index (χ0v) is 15.8. The van der Waals surface area contributed by atoms with Crippen LogP contribution in [0, 0.1) is 6.92 Å². The lowest BCUT2D eigenvalue weighted by Gasteiger charge is -2.23. The summed E-state index contributed by atoms with van der Waals surface area (Å²) in [6.45, 7) is 8.47. The zero-order chi connectivity index (χ0) is 17.8. The van der Waals surface area contributed by atoms with E-state index in [1.165, 1.54) is 11.1 Å². The van der Waals surface area contributed by atoms with E-state index in [4.69, 9.17) is 4.74 Å². The first-order chi connectivity index (χ1) is 11.6. The van der Waals surface area contributed by atoms with Crippen LogP contribution in [0.25, 0.3) is 0 Å². The molecule has 0 aromatic heterocycles. The highest BCUT2D eigenvalue weighted by Crippen LogP contribution is 2.18. The fraction of sp³-hybridized carbons (Fsp3) is 0.455. The average Bonchev–Trinajstić information content (AvgIpc) is 2.60. The summed E-state index contributed by atoms with van der Waals surface area (Å²) in [7, 11) is 5.95. The minimum Gasteiger partial charge on any atom is -0.496 e. The second-order valence-electron chi connectivity index (χ2n) is 6.14. The average molecular weight is 345 g/mol. The van der Waals surface area contributed by atoms with E-state index in [0.717, 1.165) is 31.9 Å². The minimum atomic E-state index is 0. The summed E-state index contributed by atoms with van der Waals surface area (Å²) < 4.78 is 5.38. The first-order valence-corrected chi connectivity index (χ1v) is 8.57. The number of aryl methyl sites for hydroxylation is 1. The summed E-state index contributed by atoms with van der Waals surface area (Å²) in [4.78, 5) is 4.64. The maximum Gasteiger partial charge on any atom is 0.123 e. The molecule has 140 valence electrons. The molecule has 0 unspecified atom stereocenters. The summed E-state index contributed by atoms with van der Waals surface area (Å²) in [5.41, 5.74) is 2.58. The highest BCUT2D eigenvalue weighted by Gasteiger charge is 2.07. The number of benzene rings is 2. The molecule has 0 spiro atoms. The standard InChI is InChI=1S/C14H24N2O.C7H8.CH4/c1-5-16(11-10-15(2)3)12-13-8-6-7-9-14(13)17-4;1-7-5-3-2-4-6-7;/h6-9H,5,10-12H2,1-4H3;2-6H,1H3;1H4. The molecule has 0 heterocycles.